The van der Waals surface area contributed by atoms with E-state index in [1.807, 2.05) is 4.68 Å². The second kappa shape index (κ2) is 6.23. The van der Waals surface area contributed by atoms with Crippen LogP contribution >= 0.6 is 0 Å². The van der Waals surface area contributed by atoms with Crippen LogP contribution in [-0.4, -0.2) is 16.4 Å². The average molecular weight is 270 g/mol. The molecule has 0 saturated carbocycles. The van der Waals surface area contributed by atoms with Crippen LogP contribution in [0.15, 0.2) is 42.6 Å². The largest absolute Gasteiger partial charge is 0.357 e. The van der Waals surface area contributed by atoms with Crippen molar-refractivity contribution in [3.05, 3.63) is 53.9 Å². The summed E-state index contributed by atoms with van der Waals surface area (Å²) in [4.78, 5) is 0. The highest BCUT2D eigenvalue weighted by molar-refractivity contribution is 5.18. The van der Waals surface area contributed by atoms with Crippen molar-refractivity contribution >= 4 is 0 Å². The third kappa shape index (κ3) is 3.10. The third-order valence-electron chi connectivity index (χ3n) is 3.97. The summed E-state index contributed by atoms with van der Waals surface area (Å²) >= 11 is 0. The molecule has 0 amide bonds. The minimum absolute atomic E-state index is 0.140. The van der Waals surface area contributed by atoms with Crippen LogP contribution < -0.4 is 0 Å². The van der Waals surface area contributed by atoms with E-state index in [0.29, 0.717) is 5.92 Å². The van der Waals surface area contributed by atoms with Gasteiger partial charge in [0.15, 0.2) is 0 Å². The fourth-order valence-electron chi connectivity index (χ4n) is 2.78. The van der Waals surface area contributed by atoms with E-state index in [-0.39, 0.29) is 6.23 Å². The van der Waals surface area contributed by atoms with Crippen molar-refractivity contribution in [3.8, 4) is 0 Å². The second-order valence-electron chi connectivity index (χ2n) is 5.63. The van der Waals surface area contributed by atoms with E-state index in [4.69, 9.17) is 9.84 Å². The van der Waals surface area contributed by atoms with Crippen LogP contribution in [0.2, 0.25) is 0 Å². The summed E-state index contributed by atoms with van der Waals surface area (Å²) in [5.41, 5.74) is 2.52. The van der Waals surface area contributed by atoms with Gasteiger partial charge in [0.2, 0.25) is 0 Å². The first-order valence-corrected chi connectivity index (χ1v) is 7.53. The molecule has 2 atom stereocenters. The van der Waals surface area contributed by atoms with Gasteiger partial charge in [-0.2, -0.15) is 5.10 Å². The molecular weight excluding hydrogens is 248 g/mol. The van der Waals surface area contributed by atoms with Crippen molar-refractivity contribution in [2.75, 3.05) is 6.61 Å². The zero-order valence-electron chi connectivity index (χ0n) is 12.0. The van der Waals surface area contributed by atoms with Crippen LogP contribution in [0.4, 0.5) is 0 Å². The molecule has 1 saturated heterocycles. The molecule has 3 heteroatoms. The lowest BCUT2D eigenvalue weighted by molar-refractivity contribution is -0.0397. The maximum absolute atomic E-state index is 5.78. The van der Waals surface area contributed by atoms with E-state index in [0.717, 1.165) is 25.1 Å². The number of hydrogen-bond donors (Lipinski definition) is 0. The molecular formula is C17H22N2O. The second-order valence-corrected chi connectivity index (χ2v) is 5.63. The summed E-state index contributed by atoms with van der Waals surface area (Å²) in [6.07, 6.45) is 6.72. The molecule has 1 aromatic carbocycles. The van der Waals surface area contributed by atoms with Gasteiger partial charge in [0.25, 0.3) is 0 Å². The van der Waals surface area contributed by atoms with E-state index in [2.05, 4.69) is 49.5 Å². The summed E-state index contributed by atoms with van der Waals surface area (Å²) in [5, 5.41) is 4.72. The molecule has 0 aliphatic carbocycles. The molecule has 1 aliphatic rings. The molecule has 2 heterocycles. The molecule has 0 bridgehead atoms. The Morgan fingerprint density at radius 2 is 2.10 bits per heavy atom. The molecule has 1 aromatic heterocycles. The SMILES string of the molecule is CC(Cc1ccccc1)c1ccn(C2CCCCO2)n1. The Morgan fingerprint density at radius 3 is 2.85 bits per heavy atom. The zero-order chi connectivity index (χ0) is 13.8. The van der Waals surface area contributed by atoms with E-state index in [9.17, 15) is 0 Å². The molecule has 106 valence electrons. The van der Waals surface area contributed by atoms with Gasteiger partial charge >= 0.3 is 0 Å². The summed E-state index contributed by atoms with van der Waals surface area (Å²) in [5.74, 6) is 0.433. The number of nitrogens with zero attached hydrogens (tertiary/aromatic N) is 2. The third-order valence-corrected chi connectivity index (χ3v) is 3.97. The fraction of sp³-hybridized carbons (Fsp3) is 0.471. The number of rotatable bonds is 4. The Hall–Kier alpha value is -1.61. The Kier molecular flexibility index (Phi) is 4.16. The van der Waals surface area contributed by atoms with Gasteiger partial charge in [-0.3, -0.25) is 0 Å². The van der Waals surface area contributed by atoms with E-state index in [1.54, 1.807) is 0 Å². The molecule has 3 nitrogen and oxygen atoms in total. The molecule has 2 unspecified atom stereocenters. The minimum Gasteiger partial charge on any atom is -0.357 e. The van der Waals surface area contributed by atoms with Crippen molar-refractivity contribution in [1.29, 1.82) is 0 Å². The van der Waals surface area contributed by atoms with Gasteiger partial charge in [-0.1, -0.05) is 37.3 Å². The first kappa shape index (κ1) is 13.4. The van der Waals surface area contributed by atoms with Gasteiger partial charge in [-0.15, -0.1) is 0 Å². The van der Waals surface area contributed by atoms with Crippen molar-refractivity contribution in [3.63, 3.8) is 0 Å². The number of hydrogen-bond acceptors (Lipinski definition) is 2. The standard InChI is InChI=1S/C17H22N2O/c1-14(13-15-7-3-2-4-8-15)16-10-11-19(18-16)17-9-5-6-12-20-17/h2-4,7-8,10-11,14,17H,5-6,9,12-13H2,1H3. The van der Waals surface area contributed by atoms with Gasteiger partial charge < -0.3 is 4.74 Å². The predicted octanol–water partition coefficient (Wildman–Crippen LogP) is 3.93. The van der Waals surface area contributed by atoms with Crippen molar-refractivity contribution in [2.24, 2.45) is 0 Å². The number of aromatic nitrogens is 2. The highest BCUT2D eigenvalue weighted by Gasteiger charge is 2.18. The van der Waals surface area contributed by atoms with Gasteiger partial charge in [0, 0.05) is 18.7 Å². The topological polar surface area (TPSA) is 27.1 Å². The molecule has 3 rings (SSSR count). The first-order valence-electron chi connectivity index (χ1n) is 7.53. The van der Waals surface area contributed by atoms with Crippen molar-refractivity contribution in [2.45, 2.75) is 44.8 Å². The number of benzene rings is 1. The smallest absolute Gasteiger partial charge is 0.150 e. The summed E-state index contributed by atoms with van der Waals surface area (Å²) in [6.45, 7) is 3.10. The Morgan fingerprint density at radius 1 is 1.25 bits per heavy atom. The van der Waals surface area contributed by atoms with Crippen LogP contribution in [0.1, 0.15) is 49.6 Å². The normalized spacial score (nSPS) is 20.8. The van der Waals surface area contributed by atoms with Crippen LogP contribution in [0.5, 0.6) is 0 Å². The van der Waals surface area contributed by atoms with E-state index in [1.165, 1.54) is 18.4 Å². The fourth-order valence-corrected chi connectivity index (χ4v) is 2.78. The van der Waals surface area contributed by atoms with Gasteiger partial charge in [-0.25, -0.2) is 4.68 Å². The summed E-state index contributed by atoms with van der Waals surface area (Å²) in [6, 6.07) is 12.7. The maximum Gasteiger partial charge on any atom is 0.150 e. The van der Waals surface area contributed by atoms with Crippen LogP contribution in [0.25, 0.3) is 0 Å². The summed E-state index contributed by atoms with van der Waals surface area (Å²) in [7, 11) is 0. The minimum atomic E-state index is 0.140. The lowest BCUT2D eigenvalue weighted by atomic mass is 9.98. The Labute approximate surface area is 120 Å². The quantitative estimate of drug-likeness (QED) is 0.841. The molecule has 20 heavy (non-hydrogen) atoms. The lowest BCUT2D eigenvalue weighted by Gasteiger charge is -2.22. The first-order chi connectivity index (χ1) is 9.83. The molecule has 0 spiro atoms. The Bertz CT molecular complexity index is 529. The molecule has 1 fully saturated rings. The molecule has 2 aromatic rings. The summed E-state index contributed by atoms with van der Waals surface area (Å²) < 4.78 is 7.77. The highest BCUT2D eigenvalue weighted by atomic mass is 16.5. The predicted molar refractivity (Wildman–Crippen MR) is 79.6 cm³/mol. The van der Waals surface area contributed by atoms with Gasteiger partial charge in [0.05, 0.1) is 5.69 Å². The maximum atomic E-state index is 5.78. The molecule has 1 aliphatic heterocycles. The lowest BCUT2D eigenvalue weighted by Crippen LogP contribution is -2.18. The van der Waals surface area contributed by atoms with Crippen LogP contribution in [0.3, 0.4) is 0 Å². The van der Waals surface area contributed by atoms with Crippen LogP contribution in [-0.2, 0) is 11.2 Å². The van der Waals surface area contributed by atoms with E-state index >= 15 is 0 Å². The average Bonchev–Trinajstić information content (AvgIpc) is 2.99. The highest BCUT2D eigenvalue weighted by Crippen LogP contribution is 2.24. The Balaban J connectivity index is 1.66. The molecule has 0 N–H and O–H groups in total. The zero-order valence-corrected chi connectivity index (χ0v) is 12.0. The van der Waals surface area contributed by atoms with Crippen molar-refractivity contribution < 1.29 is 4.74 Å². The molecule has 0 radical (unpaired) electrons. The van der Waals surface area contributed by atoms with Crippen LogP contribution in [0, 0.1) is 0 Å². The van der Waals surface area contributed by atoms with Crippen molar-refractivity contribution in [1.82, 2.24) is 9.78 Å². The van der Waals surface area contributed by atoms with Gasteiger partial charge in [0.1, 0.15) is 6.23 Å². The monoisotopic (exact) mass is 270 g/mol. The number of ether oxygens (including phenoxy) is 1. The van der Waals surface area contributed by atoms with E-state index < -0.39 is 0 Å². The van der Waals surface area contributed by atoms with Gasteiger partial charge in [-0.05, 0) is 37.3 Å².